The summed E-state index contributed by atoms with van der Waals surface area (Å²) >= 11 is 0. The summed E-state index contributed by atoms with van der Waals surface area (Å²) in [6.07, 6.45) is 0.929. The molecule has 0 aromatic heterocycles. The normalized spacial score (nSPS) is 12.0. The van der Waals surface area contributed by atoms with Crippen molar-refractivity contribution < 1.29 is 4.43 Å². The van der Waals surface area contributed by atoms with Crippen molar-refractivity contribution >= 4 is 9.04 Å². The Labute approximate surface area is 94.2 Å². The van der Waals surface area contributed by atoms with Gasteiger partial charge in [-0.25, -0.2) is 0 Å². The molecular weight excluding hydrogens is 200 g/mol. The van der Waals surface area contributed by atoms with Gasteiger partial charge in [0.15, 0.2) is 0 Å². The van der Waals surface area contributed by atoms with Gasteiger partial charge < -0.3 is 4.43 Å². The molecule has 0 saturated heterocycles. The van der Waals surface area contributed by atoms with Crippen LogP contribution in [0.5, 0.6) is 0 Å². The van der Waals surface area contributed by atoms with Crippen molar-refractivity contribution in [3.05, 3.63) is 35.9 Å². The van der Waals surface area contributed by atoms with Gasteiger partial charge >= 0.3 is 0 Å². The monoisotopic (exact) mass is 217 g/mol. The molecule has 0 saturated carbocycles. The molecule has 0 unspecified atom stereocenters. The summed E-state index contributed by atoms with van der Waals surface area (Å²) in [5.74, 6) is 6.02. The number of hydrogen-bond acceptors (Lipinski definition) is 1. The van der Waals surface area contributed by atoms with E-state index < -0.39 is 9.04 Å². The van der Waals surface area contributed by atoms with Crippen LogP contribution in [0.15, 0.2) is 30.3 Å². The van der Waals surface area contributed by atoms with Crippen LogP contribution in [-0.2, 0) is 4.43 Å². The zero-order valence-electron chi connectivity index (χ0n) is 9.58. The van der Waals surface area contributed by atoms with Crippen LogP contribution in [-0.4, -0.2) is 9.04 Å². The first-order valence-electron chi connectivity index (χ1n) is 5.15. The minimum Gasteiger partial charge on any atom is -0.409 e. The first-order valence-corrected chi connectivity index (χ1v) is 7.56. The Hall–Kier alpha value is -1.04. The van der Waals surface area contributed by atoms with E-state index in [-0.39, 0.29) is 6.10 Å². The highest BCUT2D eigenvalue weighted by molar-refractivity contribution is 6.48. The van der Waals surface area contributed by atoms with Crippen LogP contribution in [0.1, 0.15) is 25.0 Å². The molecule has 0 bridgehead atoms. The van der Waals surface area contributed by atoms with Gasteiger partial charge in [-0.1, -0.05) is 30.3 Å². The van der Waals surface area contributed by atoms with Gasteiger partial charge in [-0.05, 0) is 25.6 Å². The quantitative estimate of drug-likeness (QED) is 0.555. The average molecular weight is 217 g/mol. The van der Waals surface area contributed by atoms with E-state index in [4.69, 9.17) is 4.43 Å². The van der Waals surface area contributed by atoms with Crippen LogP contribution >= 0.6 is 0 Å². The smallest absolute Gasteiger partial charge is 0.205 e. The van der Waals surface area contributed by atoms with Crippen LogP contribution < -0.4 is 0 Å². The zero-order valence-corrected chi connectivity index (χ0v) is 10.6. The van der Waals surface area contributed by atoms with Gasteiger partial charge in [0.1, 0.15) is 0 Å². The largest absolute Gasteiger partial charge is 0.409 e. The van der Waals surface area contributed by atoms with E-state index in [2.05, 4.69) is 37.1 Å². The van der Waals surface area contributed by atoms with E-state index >= 15 is 0 Å². The van der Waals surface area contributed by atoms with Crippen molar-refractivity contribution in [3.8, 4) is 11.8 Å². The molecule has 15 heavy (non-hydrogen) atoms. The molecule has 0 aliphatic rings. The fourth-order valence-corrected chi connectivity index (χ4v) is 2.16. The van der Waals surface area contributed by atoms with Crippen molar-refractivity contribution in [1.29, 1.82) is 0 Å². The summed E-state index contributed by atoms with van der Waals surface area (Å²) in [4.78, 5) is 0. The first-order chi connectivity index (χ1) is 7.24. The first kappa shape index (κ1) is 12.0. The molecular formula is C13H17OSi. The maximum absolute atomic E-state index is 5.94. The van der Waals surface area contributed by atoms with E-state index in [0.29, 0.717) is 0 Å². The van der Waals surface area contributed by atoms with Crippen molar-refractivity contribution in [1.82, 2.24) is 0 Å². The summed E-state index contributed by atoms with van der Waals surface area (Å²) in [7, 11) is -0.678. The Morgan fingerprint density at radius 3 is 2.47 bits per heavy atom. The fraction of sp³-hybridized carbons (Fsp3) is 0.385. The van der Waals surface area contributed by atoms with Crippen molar-refractivity contribution in [2.75, 3.05) is 0 Å². The third-order valence-electron chi connectivity index (χ3n) is 2.01. The number of benzene rings is 1. The average Bonchev–Trinajstić information content (AvgIpc) is 2.25. The number of hydrogen-bond donors (Lipinski definition) is 0. The Kier molecular flexibility index (Phi) is 5.17. The third kappa shape index (κ3) is 4.33. The molecule has 1 aromatic rings. The molecule has 0 amide bonds. The lowest BCUT2D eigenvalue weighted by molar-refractivity contribution is 0.215. The Bertz CT molecular complexity index is 335. The minimum atomic E-state index is -0.678. The topological polar surface area (TPSA) is 9.23 Å². The van der Waals surface area contributed by atoms with Crippen LogP contribution in [0, 0.1) is 11.8 Å². The van der Waals surface area contributed by atoms with Crippen molar-refractivity contribution in [3.63, 3.8) is 0 Å². The minimum absolute atomic E-state index is 0.141. The molecule has 0 N–H and O–H groups in total. The summed E-state index contributed by atoms with van der Waals surface area (Å²) in [5, 5.41) is 0. The second-order valence-corrected chi connectivity index (χ2v) is 5.61. The van der Waals surface area contributed by atoms with Gasteiger partial charge in [-0.15, -0.1) is 11.8 Å². The molecule has 0 spiro atoms. The van der Waals surface area contributed by atoms with Crippen molar-refractivity contribution in [2.24, 2.45) is 0 Å². The molecule has 2 heteroatoms. The summed E-state index contributed by atoms with van der Waals surface area (Å²) in [6, 6.07) is 10.3. The van der Waals surface area contributed by atoms with E-state index in [1.54, 1.807) is 0 Å². The predicted octanol–water partition coefficient (Wildman–Crippen LogP) is 3.41. The second kappa shape index (κ2) is 6.44. The summed E-state index contributed by atoms with van der Waals surface area (Å²) < 4.78 is 5.94. The highest BCUT2D eigenvalue weighted by Crippen LogP contribution is 2.21. The Morgan fingerprint density at radius 2 is 1.93 bits per heavy atom. The highest BCUT2D eigenvalue weighted by atomic mass is 28.3. The molecule has 1 rings (SSSR count). The standard InChI is InChI=1S/C13H17OSi/c1-4-5-11-13(14-15(2)3)12-9-7-6-8-10-12/h6-10,13H,11H2,1-3H3/t13-/m0/s1. The summed E-state index contributed by atoms with van der Waals surface area (Å²) in [5.41, 5.74) is 1.23. The van der Waals surface area contributed by atoms with Gasteiger partial charge in [-0.2, -0.15) is 0 Å². The predicted molar refractivity (Wildman–Crippen MR) is 65.8 cm³/mol. The Balaban J connectivity index is 2.74. The lowest BCUT2D eigenvalue weighted by Crippen LogP contribution is -2.13. The van der Waals surface area contributed by atoms with Gasteiger partial charge in [0, 0.05) is 6.42 Å². The van der Waals surface area contributed by atoms with Gasteiger partial charge in [-0.3, -0.25) is 0 Å². The molecule has 0 aliphatic carbocycles. The van der Waals surface area contributed by atoms with E-state index in [9.17, 15) is 0 Å². The molecule has 79 valence electrons. The van der Waals surface area contributed by atoms with Crippen LogP contribution in [0.4, 0.5) is 0 Å². The SMILES string of the molecule is CC#CC[C@H](O[Si](C)C)c1ccccc1. The fourth-order valence-electron chi connectivity index (χ4n) is 1.37. The number of rotatable bonds is 4. The lowest BCUT2D eigenvalue weighted by atomic mass is 10.1. The molecule has 0 heterocycles. The maximum Gasteiger partial charge on any atom is 0.205 e. The summed E-state index contributed by atoms with van der Waals surface area (Å²) in [6.45, 7) is 6.17. The molecule has 0 fully saturated rings. The maximum atomic E-state index is 5.94. The van der Waals surface area contributed by atoms with Gasteiger partial charge in [0.25, 0.3) is 0 Å². The Morgan fingerprint density at radius 1 is 1.27 bits per heavy atom. The zero-order chi connectivity index (χ0) is 11.1. The third-order valence-corrected chi connectivity index (χ3v) is 2.77. The molecule has 1 radical (unpaired) electrons. The molecule has 1 nitrogen and oxygen atoms in total. The van der Waals surface area contributed by atoms with Gasteiger partial charge in [0.2, 0.25) is 9.04 Å². The van der Waals surface area contributed by atoms with E-state index in [0.717, 1.165) is 6.42 Å². The van der Waals surface area contributed by atoms with Crippen LogP contribution in [0.2, 0.25) is 13.1 Å². The second-order valence-electron chi connectivity index (χ2n) is 3.56. The highest BCUT2D eigenvalue weighted by Gasteiger charge is 2.12. The van der Waals surface area contributed by atoms with Crippen molar-refractivity contribution in [2.45, 2.75) is 32.5 Å². The molecule has 1 atom stereocenters. The molecule has 0 aliphatic heterocycles. The van der Waals surface area contributed by atoms with Crippen LogP contribution in [0.25, 0.3) is 0 Å². The molecule has 1 aromatic carbocycles. The van der Waals surface area contributed by atoms with Gasteiger partial charge in [0.05, 0.1) is 6.10 Å². The van der Waals surface area contributed by atoms with Crippen LogP contribution in [0.3, 0.4) is 0 Å². The van der Waals surface area contributed by atoms with E-state index in [1.807, 2.05) is 25.1 Å². The van der Waals surface area contributed by atoms with E-state index in [1.165, 1.54) is 5.56 Å². The lowest BCUT2D eigenvalue weighted by Gasteiger charge is -2.18.